The second-order valence-electron chi connectivity index (χ2n) is 6.28. The van der Waals surface area contributed by atoms with E-state index in [-0.39, 0.29) is 18.6 Å². The molecule has 0 radical (unpaired) electrons. The quantitative estimate of drug-likeness (QED) is 0.723. The van der Waals surface area contributed by atoms with E-state index in [4.69, 9.17) is 4.74 Å². The molecule has 1 atom stereocenters. The molecular weight excluding hydrogens is 318 g/mol. The Hall–Kier alpha value is -2.67. The zero-order valence-electron chi connectivity index (χ0n) is 14.0. The zero-order valence-corrected chi connectivity index (χ0v) is 14.0. The summed E-state index contributed by atoms with van der Waals surface area (Å²) in [5, 5.41) is 9.63. The van der Waals surface area contributed by atoms with Crippen LogP contribution in [0.15, 0.2) is 48.9 Å². The summed E-state index contributed by atoms with van der Waals surface area (Å²) in [6, 6.07) is 9.82. The van der Waals surface area contributed by atoms with Crippen LogP contribution >= 0.6 is 0 Å². The minimum atomic E-state index is -0.0410. The summed E-state index contributed by atoms with van der Waals surface area (Å²) in [6.45, 7) is 2.87. The Bertz CT molecular complexity index is 842. The van der Waals surface area contributed by atoms with Gasteiger partial charge >= 0.3 is 0 Å². The van der Waals surface area contributed by atoms with Crippen LogP contribution in [0.1, 0.15) is 6.42 Å². The van der Waals surface area contributed by atoms with Crippen LogP contribution < -0.4 is 0 Å². The average Bonchev–Trinajstić information content (AvgIpc) is 3.21. The predicted octanol–water partition coefficient (Wildman–Crippen LogP) is 1.55. The van der Waals surface area contributed by atoms with Gasteiger partial charge in [-0.05, 0) is 18.6 Å². The van der Waals surface area contributed by atoms with E-state index in [0.717, 1.165) is 17.3 Å². The van der Waals surface area contributed by atoms with Gasteiger partial charge in [0.05, 0.1) is 24.4 Å². The van der Waals surface area contributed by atoms with Crippen molar-refractivity contribution in [1.82, 2.24) is 24.5 Å². The molecule has 3 aromatic rings. The molecule has 3 heterocycles. The first kappa shape index (κ1) is 15.8. The molecule has 0 saturated carbocycles. The molecule has 1 unspecified atom stereocenters. The molecule has 7 nitrogen and oxygen atoms in total. The number of hydrogen-bond donors (Lipinski definition) is 0. The fraction of sp³-hybridized carbons (Fsp3) is 0.389. The summed E-state index contributed by atoms with van der Waals surface area (Å²) >= 11 is 0. The third-order valence-electron chi connectivity index (χ3n) is 4.49. The number of amides is 1. The van der Waals surface area contributed by atoms with Gasteiger partial charge < -0.3 is 9.64 Å². The van der Waals surface area contributed by atoms with Gasteiger partial charge in [-0.2, -0.15) is 10.2 Å². The first-order valence-corrected chi connectivity index (χ1v) is 8.57. The van der Waals surface area contributed by atoms with Gasteiger partial charge in [0.15, 0.2) is 0 Å². The van der Waals surface area contributed by atoms with E-state index in [0.29, 0.717) is 26.2 Å². The minimum Gasteiger partial charge on any atom is -0.374 e. The molecule has 25 heavy (non-hydrogen) atoms. The Morgan fingerprint density at radius 2 is 2.16 bits per heavy atom. The van der Waals surface area contributed by atoms with Gasteiger partial charge in [-0.25, -0.2) is 0 Å². The molecule has 1 aliphatic heterocycles. The lowest BCUT2D eigenvalue weighted by Gasteiger charge is -2.24. The van der Waals surface area contributed by atoms with Crippen molar-refractivity contribution in [3.05, 3.63) is 48.9 Å². The number of carbonyl (C=O) groups is 1. The van der Waals surface area contributed by atoms with E-state index >= 15 is 0 Å². The Labute approximate surface area is 145 Å². The van der Waals surface area contributed by atoms with Crippen LogP contribution in [0.25, 0.3) is 10.9 Å². The molecule has 2 aromatic heterocycles. The summed E-state index contributed by atoms with van der Waals surface area (Å²) in [6.07, 6.45) is 6.27. The van der Waals surface area contributed by atoms with E-state index < -0.39 is 0 Å². The number of fused-ring (bicyclic) bond motifs is 1. The number of benzene rings is 1. The third kappa shape index (κ3) is 3.56. The highest BCUT2D eigenvalue weighted by molar-refractivity contribution is 5.82. The highest BCUT2D eigenvalue weighted by atomic mass is 16.5. The van der Waals surface area contributed by atoms with E-state index in [9.17, 15) is 4.79 Å². The van der Waals surface area contributed by atoms with E-state index in [1.807, 2.05) is 46.1 Å². The Morgan fingerprint density at radius 1 is 1.24 bits per heavy atom. The lowest BCUT2D eigenvalue weighted by atomic mass is 10.2. The van der Waals surface area contributed by atoms with Crippen molar-refractivity contribution in [2.24, 2.45) is 0 Å². The molecule has 7 heteroatoms. The number of hydrogen-bond acceptors (Lipinski definition) is 4. The van der Waals surface area contributed by atoms with E-state index in [2.05, 4.69) is 10.2 Å². The third-order valence-corrected chi connectivity index (χ3v) is 4.49. The summed E-state index contributed by atoms with van der Waals surface area (Å²) in [5.41, 5.74) is 0.981. The molecule has 4 rings (SSSR count). The Morgan fingerprint density at radius 3 is 3.04 bits per heavy atom. The molecule has 1 aromatic carbocycles. The fourth-order valence-electron chi connectivity index (χ4n) is 3.23. The molecule has 1 aliphatic rings. The van der Waals surface area contributed by atoms with Gasteiger partial charge in [-0.15, -0.1) is 0 Å². The van der Waals surface area contributed by atoms with Crippen molar-refractivity contribution in [1.29, 1.82) is 0 Å². The molecule has 0 bridgehead atoms. The lowest BCUT2D eigenvalue weighted by Crippen LogP contribution is -2.40. The zero-order chi connectivity index (χ0) is 17.1. The predicted molar refractivity (Wildman–Crippen MR) is 92.9 cm³/mol. The first-order valence-electron chi connectivity index (χ1n) is 8.57. The number of rotatable bonds is 4. The maximum absolute atomic E-state index is 12.8. The number of nitrogens with zero attached hydrogens (tertiary/aromatic N) is 5. The SMILES string of the molecule is O=C(Cn1ncc2ccccc21)N1CCCOC(Cn2cccn2)C1. The number of para-hydroxylation sites is 1. The average molecular weight is 339 g/mol. The molecule has 0 spiro atoms. The summed E-state index contributed by atoms with van der Waals surface area (Å²) in [4.78, 5) is 14.7. The smallest absolute Gasteiger partial charge is 0.244 e. The standard InChI is InChI=1S/C18H21N5O2/c24-18(14-23-17-6-2-1-5-15(17)11-20-23)21-8-4-10-25-16(12-21)13-22-9-3-7-19-22/h1-3,5-7,9,11,16H,4,8,10,12-14H2. The van der Waals surface area contributed by atoms with Gasteiger partial charge in [0, 0.05) is 37.5 Å². The topological polar surface area (TPSA) is 65.2 Å². The fourth-order valence-corrected chi connectivity index (χ4v) is 3.23. The largest absolute Gasteiger partial charge is 0.374 e. The molecule has 1 fully saturated rings. The Balaban J connectivity index is 1.44. The van der Waals surface area contributed by atoms with Gasteiger partial charge in [0.25, 0.3) is 0 Å². The monoisotopic (exact) mass is 339 g/mol. The van der Waals surface area contributed by atoms with E-state index in [1.165, 1.54) is 0 Å². The van der Waals surface area contributed by atoms with Crippen molar-refractivity contribution >= 4 is 16.8 Å². The molecule has 1 amide bonds. The lowest BCUT2D eigenvalue weighted by molar-refractivity contribution is -0.132. The van der Waals surface area contributed by atoms with Crippen molar-refractivity contribution in [3.63, 3.8) is 0 Å². The molecule has 0 N–H and O–H groups in total. The number of ether oxygens (including phenoxy) is 1. The second-order valence-corrected chi connectivity index (χ2v) is 6.28. The van der Waals surface area contributed by atoms with Gasteiger partial charge in [-0.3, -0.25) is 14.2 Å². The van der Waals surface area contributed by atoms with Crippen molar-refractivity contribution < 1.29 is 9.53 Å². The maximum Gasteiger partial charge on any atom is 0.244 e. The summed E-state index contributed by atoms with van der Waals surface area (Å²) in [7, 11) is 0. The van der Waals surface area contributed by atoms with Crippen LogP contribution in [-0.4, -0.2) is 56.2 Å². The van der Waals surface area contributed by atoms with Crippen LogP contribution in [0, 0.1) is 0 Å². The van der Waals surface area contributed by atoms with Gasteiger partial charge in [0.1, 0.15) is 6.54 Å². The molecular formula is C18H21N5O2. The molecule has 1 saturated heterocycles. The van der Waals surface area contributed by atoms with Crippen LogP contribution in [0.4, 0.5) is 0 Å². The Kier molecular flexibility index (Phi) is 4.47. The van der Waals surface area contributed by atoms with E-state index in [1.54, 1.807) is 17.1 Å². The van der Waals surface area contributed by atoms with Crippen LogP contribution in [0.5, 0.6) is 0 Å². The van der Waals surface area contributed by atoms with Crippen LogP contribution in [0.2, 0.25) is 0 Å². The molecule has 130 valence electrons. The van der Waals surface area contributed by atoms with Crippen LogP contribution in [0.3, 0.4) is 0 Å². The first-order chi connectivity index (χ1) is 12.3. The second kappa shape index (κ2) is 7.06. The summed E-state index contributed by atoms with van der Waals surface area (Å²) in [5.74, 6) is 0.0739. The van der Waals surface area contributed by atoms with Crippen molar-refractivity contribution in [2.45, 2.75) is 25.6 Å². The normalized spacial score (nSPS) is 18.4. The highest BCUT2D eigenvalue weighted by Gasteiger charge is 2.23. The summed E-state index contributed by atoms with van der Waals surface area (Å²) < 4.78 is 9.50. The maximum atomic E-state index is 12.8. The number of carbonyl (C=O) groups excluding carboxylic acids is 1. The van der Waals surface area contributed by atoms with Crippen molar-refractivity contribution in [3.8, 4) is 0 Å². The minimum absolute atomic E-state index is 0.0410. The highest BCUT2D eigenvalue weighted by Crippen LogP contribution is 2.14. The molecule has 0 aliphatic carbocycles. The van der Waals surface area contributed by atoms with Crippen LogP contribution in [-0.2, 0) is 22.6 Å². The van der Waals surface area contributed by atoms with Crippen molar-refractivity contribution in [2.75, 3.05) is 19.7 Å². The van der Waals surface area contributed by atoms with Gasteiger partial charge in [0.2, 0.25) is 5.91 Å². The van der Waals surface area contributed by atoms with Gasteiger partial charge in [-0.1, -0.05) is 18.2 Å². The number of aromatic nitrogens is 4.